The number of carbonyl (C=O) groups is 2. The number of benzene rings is 1. The van der Waals surface area contributed by atoms with E-state index in [1.165, 1.54) is 13.1 Å². The summed E-state index contributed by atoms with van der Waals surface area (Å²) < 4.78 is 0. The minimum absolute atomic E-state index is 0.373. The zero-order chi connectivity index (χ0) is 14.7. The maximum Gasteiger partial charge on any atom is 0.254 e. The Hall–Kier alpha value is -2.63. The van der Waals surface area contributed by atoms with E-state index in [1.54, 1.807) is 7.05 Å². The van der Waals surface area contributed by atoms with Crippen molar-refractivity contribution in [2.24, 2.45) is 5.73 Å². The Morgan fingerprint density at radius 1 is 1.25 bits per heavy atom. The predicted octanol–water partition coefficient (Wildman–Crippen LogP) is 0.880. The number of anilines is 1. The predicted molar refractivity (Wildman–Crippen MR) is 77.4 cm³/mol. The summed E-state index contributed by atoms with van der Waals surface area (Å²) in [5.41, 5.74) is 5.55. The van der Waals surface area contributed by atoms with E-state index >= 15 is 0 Å². The third-order valence-electron chi connectivity index (χ3n) is 3.05. The van der Waals surface area contributed by atoms with Crippen molar-refractivity contribution in [1.29, 1.82) is 0 Å². The molecule has 6 nitrogen and oxygen atoms in total. The number of carbonyl (C=O) groups excluding carboxylic acids is 2. The first-order valence-corrected chi connectivity index (χ1v) is 6.20. The van der Waals surface area contributed by atoms with Crippen LogP contribution >= 0.6 is 0 Å². The second kappa shape index (κ2) is 5.56. The molecule has 6 heteroatoms. The molecule has 1 unspecified atom stereocenters. The van der Waals surface area contributed by atoms with Crippen molar-refractivity contribution < 1.29 is 9.59 Å². The molecule has 0 spiro atoms. The van der Waals surface area contributed by atoms with E-state index < -0.39 is 11.9 Å². The molecule has 0 aliphatic rings. The van der Waals surface area contributed by atoms with Gasteiger partial charge in [-0.3, -0.25) is 9.59 Å². The minimum Gasteiger partial charge on any atom is -0.373 e. The molecule has 2 aromatic rings. The van der Waals surface area contributed by atoms with Gasteiger partial charge in [0.25, 0.3) is 5.91 Å². The lowest BCUT2D eigenvalue weighted by molar-refractivity contribution is -0.119. The van der Waals surface area contributed by atoms with Crippen molar-refractivity contribution in [3.05, 3.63) is 36.0 Å². The third kappa shape index (κ3) is 2.54. The van der Waals surface area contributed by atoms with E-state index in [0.717, 1.165) is 10.8 Å². The highest BCUT2D eigenvalue weighted by atomic mass is 16.2. The van der Waals surface area contributed by atoms with Gasteiger partial charge >= 0.3 is 0 Å². The summed E-state index contributed by atoms with van der Waals surface area (Å²) in [4.78, 5) is 27.4. The molecule has 0 bridgehead atoms. The third-order valence-corrected chi connectivity index (χ3v) is 3.05. The highest BCUT2D eigenvalue weighted by Crippen LogP contribution is 2.24. The number of nitrogens with two attached hydrogens (primary N) is 1. The Morgan fingerprint density at radius 2 is 1.90 bits per heavy atom. The van der Waals surface area contributed by atoms with Gasteiger partial charge in [-0.1, -0.05) is 24.3 Å². The van der Waals surface area contributed by atoms with Crippen LogP contribution in [0.2, 0.25) is 0 Å². The number of nitrogens with one attached hydrogen (secondary N) is 2. The summed E-state index contributed by atoms with van der Waals surface area (Å²) in [7, 11) is 1.77. The molecule has 0 fully saturated rings. The molecule has 104 valence electrons. The lowest BCUT2D eigenvalue weighted by Gasteiger charge is -2.13. The number of fused-ring (bicyclic) bond motifs is 1. The highest BCUT2D eigenvalue weighted by Gasteiger charge is 2.17. The molecule has 0 radical (unpaired) electrons. The number of nitrogens with zero attached hydrogens (tertiary/aromatic N) is 1. The molecule has 1 heterocycles. The number of pyridine rings is 1. The van der Waals surface area contributed by atoms with Crippen LogP contribution in [0.3, 0.4) is 0 Å². The number of aromatic nitrogens is 1. The van der Waals surface area contributed by atoms with Crippen LogP contribution < -0.4 is 16.4 Å². The molecule has 2 amide bonds. The first kappa shape index (κ1) is 13.8. The summed E-state index contributed by atoms with van der Waals surface area (Å²) in [5.74, 6) is -0.259. The summed E-state index contributed by atoms with van der Waals surface area (Å²) >= 11 is 0. The first-order valence-electron chi connectivity index (χ1n) is 6.20. The van der Waals surface area contributed by atoms with E-state index in [-0.39, 0.29) is 5.91 Å². The highest BCUT2D eigenvalue weighted by molar-refractivity contribution is 6.10. The summed E-state index contributed by atoms with van der Waals surface area (Å²) in [6.45, 7) is 1.54. The smallest absolute Gasteiger partial charge is 0.254 e. The van der Waals surface area contributed by atoms with Gasteiger partial charge in [-0.25, -0.2) is 4.98 Å². The van der Waals surface area contributed by atoms with Gasteiger partial charge in [-0.05, 0) is 12.3 Å². The fourth-order valence-corrected chi connectivity index (χ4v) is 1.92. The molecule has 0 saturated carbocycles. The largest absolute Gasteiger partial charge is 0.373 e. The second-order valence-corrected chi connectivity index (χ2v) is 4.41. The van der Waals surface area contributed by atoms with Crippen LogP contribution in [-0.4, -0.2) is 29.9 Å². The fraction of sp³-hybridized carbons (Fsp3) is 0.214. The van der Waals surface area contributed by atoms with Crippen LogP contribution in [0.15, 0.2) is 30.5 Å². The van der Waals surface area contributed by atoms with Crippen LogP contribution in [-0.2, 0) is 4.79 Å². The van der Waals surface area contributed by atoms with Crippen molar-refractivity contribution in [3.63, 3.8) is 0 Å². The number of hydrogen-bond donors (Lipinski definition) is 3. The van der Waals surface area contributed by atoms with Crippen molar-refractivity contribution >= 4 is 28.4 Å². The lowest BCUT2D eigenvalue weighted by Crippen LogP contribution is -2.42. The monoisotopic (exact) mass is 272 g/mol. The van der Waals surface area contributed by atoms with Gasteiger partial charge < -0.3 is 16.4 Å². The Bertz CT molecular complexity index is 669. The van der Waals surface area contributed by atoms with E-state index in [2.05, 4.69) is 15.6 Å². The Kier molecular flexibility index (Phi) is 3.84. The summed E-state index contributed by atoms with van der Waals surface area (Å²) in [6.07, 6.45) is 1.48. The van der Waals surface area contributed by atoms with Crippen LogP contribution in [0.1, 0.15) is 17.3 Å². The minimum atomic E-state index is -0.731. The topological polar surface area (TPSA) is 97.1 Å². The molecular formula is C14H16N4O2. The first-order chi connectivity index (χ1) is 9.54. The van der Waals surface area contributed by atoms with Crippen molar-refractivity contribution in [1.82, 2.24) is 10.3 Å². The normalized spacial score (nSPS) is 11.9. The zero-order valence-electron chi connectivity index (χ0n) is 11.3. The number of rotatable bonds is 4. The zero-order valence-corrected chi connectivity index (χ0v) is 11.3. The number of amides is 2. The van der Waals surface area contributed by atoms with Crippen molar-refractivity contribution in [3.8, 4) is 0 Å². The quantitative estimate of drug-likeness (QED) is 0.769. The van der Waals surface area contributed by atoms with E-state index in [1.807, 2.05) is 24.3 Å². The molecule has 1 atom stereocenters. The van der Waals surface area contributed by atoms with Crippen LogP contribution in [0.25, 0.3) is 10.8 Å². The SMILES string of the molecule is CNc1ncc(C(=O)NC(C)C(N)=O)c2ccccc12. The molecular weight excluding hydrogens is 256 g/mol. The molecule has 1 aromatic carbocycles. The van der Waals surface area contributed by atoms with Gasteiger partial charge in [-0.15, -0.1) is 0 Å². The maximum absolute atomic E-state index is 12.2. The van der Waals surface area contributed by atoms with Crippen molar-refractivity contribution in [2.75, 3.05) is 12.4 Å². The molecule has 0 aliphatic heterocycles. The average Bonchev–Trinajstić information content (AvgIpc) is 2.45. The Labute approximate surface area is 116 Å². The lowest BCUT2D eigenvalue weighted by atomic mass is 10.1. The molecule has 4 N–H and O–H groups in total. The Balaban J connectivity index is 2.45. The number of hydrogen-bond acceptors (Lipinski definition) is 4. The molecule has 0 aliphatic carbocycles. The molecule has 0 saturated heterocycles. The summed E-state index contributed by atoms with van der Waals surface area (Å²) in [5, 5.41) is 7.14. The standard InChI is InChI=1S/C14H16N4O2/c1-8(12(15)19)18-14(20)11-7-17-13(16-2)10-6-4-3-5-9(10)11/h3-8H,1-2H3,(H2,15,19)(H,16,17)(H,18,20). The fourth-order valence-electron chi connectivity index (χ4n) is 1.92. The van der Waals surface area contributed by atoms with Crippen LogP contribution in [0.4, 0.5) is 5.82 Å². The van der Waals surface area contributed by atoms with Gasteiger partial charge in [-0.2, -0.15) is 0 Å². The van der Waals surface area contributed by atoms with E-state index in [9.17, 15) is 9.59 Å². The Morgan fingerprint density at radius 3 is 2.50 bits per heavy atom. The molecule has 20 heavy (non-hydrogen) atoms. The second-order valence-electron chi connectivity index (χ2n) is 4.41. The molecule has 1 aromatic heterocycles. The molecule has 2 rings (SSSR count). The van der Waals surface area contributed by atoms with Crippen LogP contribution in [0.5, 0.6) is 0 Å². The van der Waals surface area contributed by atoms with Crippen LogP contribution in [0, 0.1) is 0 Å². The van der Waals surface area contributed by atoms with Gasteiger partial charge in [0.1, 0.15) is 11.9 Å². The van der Waals surface area contributed by atoms with Gasteiger partial charge in [0.15, 0.2) is 0 Å². The van der Waals surface area contributed by atoms with E-state index in [0.29, 0.717) is 11.4 Å². The van der Waals surface area contributed by atoms with Gasteiger partial charge in [0.05, 0.1) is 5.56 Å². The van der Waals surface area contributed by atoms with Crippen molar-refractivity contribution in [2.45, 2.75) is 13.0 Å². The number of primary amides is 1. The van der Waals surface area contributed by atoms with E-state index in [4.69, 9.17) is 5.73 Å². The summed E-state index contributed by atoms with van der Waals surface area (Å²) in [6, 6.07) is 6.70. The van der Waals surface area contributed by atoms with Gasteiger partial charge in [0.2, 0.25) is 5.91 Å². The average molecular weight is 272 g/mol. The maximum atomic E-state index is 12.2. The van der Waals surface area contributed by atoms with Gasteiger partial charge in [0, 0.05) is 18.6 Å².